The number of carbonyl (C=O) groups is 1. The number of aromatic amines is 1. The zero-order chi connectivity index (χ0) is 14.3. The van der Waals surface area contributed by atoms with Gasteiger partial charge in [0.2, 0.25) is 0 Å². The van der Waals surface area contributed by atoms with Crippen molar-refractivity contribution in [1.29, 1.82) is 0 Å². The summed E-state index contributed by atoms with van der Waals surface area (Å²) in [7, 11) is 2.00. The average molecular weight is 273 g/mol. The SMILES string of the molecule is Cc1ccc2c(c1)N(C)CCN2C(=O)c1coc(=O)[nH]1. The van der Waals surface area contributed by atoms with Gasteiger partial charge in [0.15, 0.2) is 0 Å². The van der Waals surface area contributed by atoms with Gasteiger partial charge in [-0.3, -0.25) is 9.78 Å². The number of carbonyl (C=O) groups excluding carboxylic acids is 1. The Balaban J connectivity index is 2.02. The number of nitrogens with one attached hydrogen (secondary N) is 1. The molecule has 1 N–H and O–H groups in total. The molecule has 2 heterocycles. The van der Waals surface area contributed by atoms with Crippen molar-refractivity contribution in [3.8, 4) is 0 Å². The van der Waals surface area contributed by atoms with Gasteiger partial charge in [-0.25, -0.2) is 4.79 Å². The Bertz CT molecular complexity index is 716. The summed E-state index contributed by atoms with van der Waals surface area (Å²) in [6.07, 6.45) is 1.16. The summed E-state index contributed by atoms with van der Waals surface area (Å²) in [5, 5.41) is 0. The van der Waals surface area contributed by atoms with Crippen molar-refractivity contribution < 1.29 is 9.21 Å². The van der Waals surface area contributed by atoms with E-state index in [0.29, 0.717) is 6.54 Å². The molecule has 0 atom stereocenters. The van der Waals surface area contributed by atoms with E-state index in [1.165, 1.54) is 0 Å². The number of anilines is 2. The molecule has 1 aliphatic heterocycles. The summed E-state index contributed by atoms with van der Waals surface area (Å²) < 4.78 is 4.64. The molecule has 0 saturated carbocycles. The summed E-state index contributed by atoms with van der Waals surface area (Å²) in [6, 6.07) is 5.94. The molecule has 1 aliphatic rings. The molecule has 6 nitrogen and oxygen atoms in total. The fourth-order valence-electron chi connectivity index (χ4n) is 2.40. The molecule has 2 aromatic rings. The number of aromatic nitrogens is 1. The third-order valence-electron chi connectivity index (χ3n) is 3.49. The summed E-state index contributed by atoms with van der Waals surface area (Å²) in [5.74, 6) is -0.874. The van der Waals surface area contributed by atoms with Crippen LogP contribution in [0.3, 0.4) is 0 Å². The number of benzene rings is 1. The second kappa shape index (κ2) is 4.56. The number of rotatable bonds is 1. The zero-order valence-corrected chi connectivity index (χ0v) is 11.3. The first kappa shape index (κ1) is 12.5. The summed E-state index contributed by atoms with van der Waals surface area (Å²) in [6.45, 7) is 3.32. The van der Waals surface area contributed by atoms with E-state index in [1.807, 2.05) is 32.2 Å². The van der Waals surface area contributed by atoms with E-state index in [9.17, 15) is 9.59 Å². The number of fused-ring (bicyclic) bond motifs is 1. The number of nitrogens with zero attached hydrogens (tertiary/aromatic N) is 2. The molecule has 1 amide bonds. The topological polar surface area (TPSA) is 69.5 Å². The maximum Gasteiger partial charge on any atom is 0.416 e. The second-order valence-electron chi connectivity index (χ2n) is 4.93. The van der Waals surface area contributed by atoms with Crippen LogP contribution in [0.5, 0.6) is 0 Å². The van der Waals surface area contributed by atoms with Gasteiger partial charge in [-0.2, -0.15) is 0 Å². The van der Waals surface area contributed by atoms with Crippen molar-refractivity contribution in [2.45, 2.75) is 6.92 Å². The number of oxazole rings is 1. The zero-order valence-electron chi connectivity index (χ0n) is 11.3. The van der Waals surface area contributed by atoms with Crippen LogP contribution in [0.4, 0.5) is 11.4 Å². The number of hydrogen-bond acceptors (Lipinski definition) is 4. The molecule has 0 radical (unpaired) electrons. The smallest absolute Gasteiger partial charge is 0.416 e. The number of amides is 1. The largest absolute Gasteiger partial charge is 0.416 e. The van der Waals surface area contributed by atoms with Crippen molar-refractivity contribution in [2.24, 2.45) is 0 Å². The molecule has 0 aliphatic carbocycles. The Kier molecular flexibility index (Phi) is 2.85. The molecule has 3 rings (SSSR count). The molecule has 0 fully saturated rings. The van der Waals surface area contributed by atoms with Crippen LogP contribution in [-0.4, -0.2) is 31.0 Å². The first-order valence-electron chi connectivity index (χ1n) is 6.38. The number of likely N-dealkylation sites (N-methyl/N-ethyl adjacent to an activating group) is 1. The minimum absolute atomic E-state index is 0.172. The van der Waals surface area contributed by atoms with E-state index in [2.05, 4.69) is 14.3 Å². The molecular weight excluding hydrogens is 258 g/mol. The number of hydrogen-bond donors (Lipinski definition) is 1. The first-order valence-corrected chi connectivity index (χ1v) is 6.38. The molecule has 1 aromatic carbocycles. The van der Waals surface area contributed by atoms with Crippen molar-refractivity contribution in [2.75, 3.05) is 29.9 Å². The molecular formula is C14H15N3O3. The summed E-state index contributed by atoms with van der Waals surface area (Å²) in [4.78, 5) is 29.6. The van der Waals surface area contributed by atoms with Crippen molar-refractivity contribution >= 4 is 17.3 Å². The monoisotopic (exact) mass is 273 g/mol. The maximum atomic E-state index is 12.4. The third-order valence-corrected chi connectivity index (χ3v) is 3.49. The lowest BCUT2D eigenvalue weighted by Gasteiger charge is -2.35. The second-order valence-corrected chi connectivity index (χ2v) is 4.93. The van der Waals surface area contributed by atoms with E-state index in [-0.39, 0.29) is 11.6 Å². The van der Waals surface area contributed by atoms with Gasteiger partial charge in [-0.15, -0.1) is 0 Å². The van der Waals surface area contributed by atoms with Gasteiger partial charge >= 0.3 is 5.76 Å². The fourth-order valence-corrected chi connectivity index (χ4v) is 2.40. The van der Waals surface area contributed by atoms with Crippen LogP contribution in [0.1, 0.15) is 16.1 Å². The Hall–Kier alpha value is -2.50. The molecule has 104 valence electrons. The number of aryl methyl sites for hydroxylation is 1. The van der Waals surface area contributed by atoms with E-state index in [0.717, 1.165) is 29.7 Å². The van der Waals surface area contributed by atoms with Gasteiger partial charge < -0.3 is 14.2 Å². The minimum atomic E-state index is -0.619. The lowest BCUT2D eigenvalue weighted by atomic mass is 10.1. The van der Waals surface area contributed by atoms with E-state index in [4.69, 9.17) is 0 Å². The van der Waals surface area contributed by atoms with Gasteiger partial charge in [0, 0.05) is 20.1 Å². The van der Waals surface area contributed by atoms with Gasteiger partial charge in [-0.1, -0.05) is 6.07 Å². The molecule has 0 bridgehead atoms. The van der Waals surface area contributed by atoms with Crippen LogP contribution >= 0.6 is 0 Å². The highest BCUT2D eigenvalue weighted by Crippen LogP contribution is 2.33. The van der Waals surface area contributed by atoms with Crippen LogP contribution in [0.25, 0.3) is 0 Å². The quantitative estimate of drug-likeness (QED) is 0.852. The first-order chi connectivity index (χ1) is 9.56. The standard InChI is InChI=1S/C14H15N3O3/c1-9-3-4-11-12(7-9)16(2)5-6-17(11)13(18)10-8-20-14(19)15-10/h3-4,7-8H,5-6H2,1-2H3,(H,15,19). The predicted octanol–water partition coefficient (Wildman–Crippen LogP) is 1.37. The highest BCUT2D eigenvalue weighted by atomic mass is 16.4. The Morgan fingerprint density at radius 2 is 2.10 bits per heavy atom. The van der Waals surface area contributed by atoms with E-state index in [1.54, 1.807) is 4.90 Å². The van der Waals surface area contributed by atoms with Crippen LogP contribution in [0.2, 0.25) is 0 Å². The predicted molar refractivity (Wildman–Crippen MR) is 75.5 cm³/mol. The van der Waals surface area contributed by atoms with Crippen molar-refractivity contribution in [3.05, 3.63) is 46.3 Å². The average Bonchev–Trinajstić information content (AvgIpc) is 2.86. The van der Waals surface area contributed by atoms with Crippen LogP contribution in [-0.2, 0) is 0 Å². The highest BCUT2D eigenvalue weighted by molar-refractivity contribution is 6.07. The van der Waals surface area contributed by atoms with Gasteiger partial charge in [0.05, 0.1) is 11.4 Å². The Morgan fingerprint density at radius 1 is 1.30 bits per heavy atom. The van der Waals surface area contributed by atoms with E-state index >= 15 is 0 Å². The van der Waals surface area contributed by atoms with Gasteiger partial charge in [0.1, 0.15) is 12.0 Å². The van der Waals surface area contributed by atoms with Crippen LogP contribution in [0.15, 0.2) is 33.7 Å². The Morgan fingerprint density at radius 3 is 2.80 bits per heavy atom. The molecule has 0 unspecified atom stereocenters. The minimum Gasteiger partial charge on any atom is -0.416 e. The molecule has 1 aromatic heterocycles. The fraction of sp³-hybridized carbons (Fsp3) is 0.286. The van der Waals surface area contributed by atoms with E-state index < -0.39 is 5.76 Å². The maximum absolute atomic E-state index is 12.4. The normalized spacial score (nSPS) is 14.3. The third kappa shape index (κ3) is 1.99. The molecule has 20 heavy (non-hydrogen) atoms. The number of H-pyrrole nitrogens is 1. The van der Waals surface area contributed by atoms with Gasteiger partial charge in [0.25, 0.3) is 5.91 Å². The lowest BCUT2D eigenvalue weighted by molar-refractivity contribution is 0.0982. The van der Waals surface area contributed by atoms with Gasteiger partial charge in [-0.05, 0) is 24.6 Å². The van der Waals surface area contributed by atoms with Crippen molar-refractivity contribution in [1.82, 2.24) is 4.98 Å². The Labute approximate surface area is 115 Å². The molecule has 0 saturated heterocycles. The highest BCUT2D eigenvalue weighted by Gasteiger charge is 2.27. The lowest BCUT2D eigenvalue weighted by Crippen LogP contribution is -2.43. The van der Waals surface area contributed by atoms with Crippen molar-refractivity contribution in [3.63, 3.8) is 0 Å². The molecule has 6 heteroatoms. The van der Waals surface area contributed by atoms with Crippen LogP contribution in [0, 0.1) is 6.92 Å². The molecule has 0 spiro atoms. The van der Waals surface area contributed by atoms with Crippen LogP contribution < -0.4 is 15.6 Å². The summed E-state index contributed by atoms with van der Waals surface area (Å²) in [5.41, 5.74) is 3.17. The summed E-state index contributed by atoms with van der Waals surface area (Å²) >= 11 is 0.